The molecular formula is C10H12FNO4. The zero-order chi connectivity index (χ0) is 12.3. The number of nitrogens with two attached hydrogens (primary N) is 1. The highest BCUT2D eigenvalue weighted by Crippen LogP contribution is 2.33. The first-order valence-electron chi connectivity index (χ1n) is 4.51. The van der Waals surface area contributed by atoms with E-state index in [0.29, 0.717) is 0 Å². The Bertz CT molecular complexity index is 408. The lowest BCUT2D eigenvalue weighted by molar-refractivity contribution is -0.138. The number of rotatable bonds is 4. The first-order valence-corrected chi connectivity index (χ1v) is 4.51. The molecule has 1 aromatic carbocycles. The van der Waals surface area contributed by atoms with Crippen molar-refractivity contribution in [2.75, 3.05) is 13.7 Å². The average Bonchev–Trinajstić information content (AvgIpc) is 2.25. The Morgan fingerprint density at radius 2 is 2.25 bits per heavy atom. The molecule has 0 saturated carbocycles. The Kier molecular flexibility index (Phi) is 3.68. The van der Waals surface area contributed by atoms with Crippen molar-refractivity contribution in [3.8, 4) is 11.5 Å². The van der Waals surface area contributed by atoms with Crippen LogP contribution in [0.5, 0.6) is 11.5 Å². The number of carbonyl (C=O) groups is 1. The number of phenolic OH excluding ortho intramolecular Hbond substituents is 1. The van der Waals surface area contributed by atoms with Crippen LogP contribution in [0, 0.1) is 5.82 Å². The molecule has 0 aliphatic heterocycles. The number of carboxylic acids is 1. The largest absolute Gasteiger partial charge is 0.505 e. The van der Waals surface area contributed by atoms with Crippen molar-refractivity contribution in [3.63, 3.8) is 0 Å². The summed E-state index contributed by atoms with van der Waals surface area (Å²) in [4.78, 5) is 10.9. The monoisotopic (exact) mass is 229 g/mol. The summed E-state index contributed by atoms with van der Waals surface area (Å²) in [5.74, 6) is -4.12. The van der Waals surface area contributed by atoms with Crippen LogP contribution in [0.3, 0.4) is 0 Å². The van der Waals surface area contributed by atoms with Gasteiger partial charge in [0.2, 0.25) is 0 Å². The highest BCUT2D eigenvalue weighted by molar-refractivity contribution is 5.78. The van der Waals surface area contributed by atoms with Gasteiger partial charge in [-0.1, -0.05) is 0 Å². The topological polar surface area (TPSA) is 92.8 Å². The lowest BCUT2D eigenvalue weighted by atomic mass is 9.97. The van der Waals surface area contributed by atoms with E-state index >= 15 is 0 Å². The van der Waals surface area contributed by atoms with E-state index in [4.69, 9.17) is 15.6 Å². The molecule has 16 heavy (non-hydrogen) atoms. The molecule has 4 N–H and O–H groups in total. The van der Waals surface area contributed by atoms with Crippen LogP contribution in [0.15, 0.2) is 12.1 Å². The van der Waals surface area contributed by atoms with Gasteiger partial charge in [0.25, 0.3) is 0 Å². The first-order chi connectivity index (χ1) is 7.52. The van der Waals surface area contributed by atoms with E-state index in [2.05, 4.69) is 0 Å². The summed E-state index contributed by atoms with van der Waals surface area (Å²) in [5, 5.41) is 18.1. The minimum absolute atomic E-state index is 0.0492. The maximum atomic E-state index is 13.6. The molecule has 0 radical (unpaired) electrons. The highest BCUT2D eigenvalue weighted by atomic mass is 19.1. The van der Waals surface area contributed by atoms with Gasteiger partial charge in [-0.25, -0.2) is 4.39 Å². The zero-order valence-electron chi connectivity index (χ0n) is 8.61. The Hall–Kier alpha value is -1.82. The van der Waals surface area contributed by atoms with E-state index in [-0.39, 0.29) is 17.9 Å². The number of halogens is 1. The standard InChI is InChI=1S/C10H12FNO4/c1-16-7-3-2-6(13)9(11)8(7)5(4-12)10(14)15/h2-3,5,13H,4,12H2,1H3,(H,14,15). The summed E-state index contributed by atoms with van der Waals surface area (Å²) in [6.45, 7) is -0.286. The van der Waals surface area contributed by atoms with Crippen molar-refractivity contribution in [1.82, 2.24) is 0 Å². The summed E-state index contributed by atoms with van der Waals surface area (Å²) < 4.78 is 18.4. The van der Waals surface area contributed by atoms with Gasteiger partial charge in [0, 0.05) is 12.1 Å². The van der Waals surface area contributed by atoms with Gasteiger partial charge in [-0.05, 0) is 12.1 Å². The van der Waals surface area contributed by atoms with Gasteiger partial charge >= 0.3 is 5.97 Å². The van der Waals surface area contributed by atoms with Crippen LogP contribution in [-0.4, -0.2) is 29.8 Å². The predicted molar refractivity (Wildman–Crippen MR) is 54.0 cm³/mol. The minimum atomic E-state index is -1.27. The third-order valence-corrected chi connectivity index (χ3v) is 2.22. The van der Waals surface area contributed by atoms with Crippen LogP contribution in [0.4, 0.5) is 4.39 Å². The molecule has 0 saturated heterocycles. The molecule has 0 spiro atoms. The molecule has 0 aliphatic rings. The minimum Gasteiger partial charge on any atom is -0.505 e. The number of hydrogen-bond donors (Lipinski definition) is 3. The second kappa shape index (κ2) is 4.80. The Morgan fingerprint density at radius 3 is 2.69 bits per heavy atom. The predicted octanol–water partition coefficient (Wildman–Crippen LogP) is 0.667. The number of phenols is 1. The molecule has 5 nitrogen and oxygen atoms in total. The first kappa shape index (κ1) is 12.3. The van der Waals surface area contributed by atoms with Crippen molar-refractivity contribution < 1.29 is 24.1 Å². The van der Waals surface area contributed by atoms with Gasteiger partial charge in [0.1, 0.15) is 11.7 Å². The Balaban J connectivity index is 3.38. The fourth-order valence-electron chi connectivity index (χ4n) is 1.41. The van der Waals surface area contributed by atoms with Gasteiger partial charge in [0.15, 0.2) is 11.6 Å². The van der Waals surface area contributed by atoms with E-state index in [1.54, 1.807) is 0 Å². The molecule has 0 bridgehead atoms. The quantitative estimate of drug-likeness (QED) is 0.705. The van der Waals surface area contributed by atoms with E-state index in [1.165, 1.54) is 13.2 Å². The smallest absolute Gasteiger partial charge is 0.312 e. The van der Waals surface area contributed by atoms with Crippen molar-refractivity contribution in [3.05, 3.63) is 23.5 Å². The van der Waals surface area contributed by atoms with Gasteiger partial charge in [0.05, 0.1) is 7.11 Å². The third-order valence-electron chi connectivity index (χ3n) is 2.22. The molecule has 6 heteroatoms. The van der Waals surface area contributed by atoms with Crippen molar-refractivity contribution in [2.45, 2.75) is 5.92 Å². The molecule has 1 atom stereocenters. The normalized spacial score (nSPS) is 12.2. The van der Waals surface area contributed by atoms with E-state index in [0.717, 1.165) is 6.07 Å². The van der Waals surface area contributed by atoms with E-state index in [9.17, 15) is 14.3 Å². The lowest BCUT2D eigenvalue weighted by Crippen LogP contribution is -2.22. The molecular weight excluding hydrogens is 217 g/mol. The van der Waals surface area contributed by atoms with Gasteiger partial charge in [-0.3, -0.25) is 4.79 Å². The summed E-state index contributed by atoms with van der Waals surface area (Å²) in [5.41, 5.74) is 5.03. The second-order valence-electron chi connectivity index (χ2n) is 3.14. The average molecular weight is 229 g/mol. The number of benzene rings is 1. The van der Waals surface area contributed by atoms with Crippen LogP contribution in [0.1, 0.15) is 11.5 Å². The van der Waals surface area contributed by atoms with Gasteiger partial charge < -0.3 is 20.7 Å². The Labute approximate surface area is 91.3 Å². The van der Waals surface area contributed by atoms with E-state index < -0.39 is 23.5 Å². The summed E-state index contributed by atoms with van der Waals surface area (Å²) in [6, 6.07) is 2.38. The lowest BCUT2D eigenvalue weighted by Gasteiger charge is -2.15. The summed E-state index contributed by atoms with van der Waals surface area (Å²) in [6.07, 6.45) is 0. The molecule has 1 unspecified atom stereocenters. The zero-order valence-corrected chi connectivity index (χ0v) is 8.61. The fraction of sp³-hybridized carbons (Fsp3) is 0.300. The van der Waals surface area contributed by atoms with Crippen LogP contribution < -0.4 is 10.5 Å². The fourth-order valence-corrected chi connectivity index (χ4v) is 1.41. The van der Waals surface area contributed by atoms with E-state index in [1.807, 2.05) is 0 Å². The van der Waals surface area contributed by atoms with Crippen LogP contribution in [-0.2, 0) is 4.79 Å². The van der Waals surface area contributed by atoms with Crippen molar-refractivity contribution in [1.29, 1.82) is 0 Å². The molecule has 0 heterocycles. The third kappa shape index (κ3) is 2.06. The van der Waals surface area contributed by atoms with Gasteiger partial charge in [-0.15, -0.1) is 0 Å². The number of hydrogen-bond acceptors (Lipinski definition) is 4. The molecule has 0 amide bonds. The number of aliphatic carboxylic acids is 1. The molecule has 0 fully saturated rings. The summed E-state index contributed by atoms with van der Waals surface area (Å²) >= 11 is 0. The van der Waals surface area contributed by atoms with Crippen molar-refractivity contribution >= 4 is 5.97 Å². The molecule has 1 aromatic rings. The highest BCUT2D eigenvalue weighted by Gasteiger charge is 2.27. The molecule has 88 valence electrons. The number of carboxylic acid groups (broad SMARTS) is 1. The second-order valence-corrected chi connectivity index (χ2v) is 3.14. The SMILES string of the molecule is COc1ccc(O)c(F)c1C(CN)C(=O)O. The maximum Gasteiger partial charge on any atom is 0.312 e. The number of aromatic hydroxyl groups is 1. The molecule has 0 aromatic heterocycles. The number of ether oxygens (including phenoxy) is 1. The molecule has 1 rings (SSSR count). The maximum absolute atomic E-state index is 13.6. The van der Waals surface area contributed by atoms with Crippen LogP contribution in [0.2, 0.25) is 0 Å². The van der Waals surface area contributed by atoms with Gasteiger partial charge in [-0.2, -0.15) is 0 Å². The van der Waals surface area contributed by atoms with Crippen LogP contribution >= 0.6 is 0 Å². The Morgan fingerprint density at radius 1 is 1.62 bits per heavy atom. The summed E-state index contributed by atoms with van der Waals surface area (Å²) in [7, 11) is 1.28. The van der Waals surface area contributed by atoms with Crippen LogP contribution in [0.25, 0.3) is 0 Å². The van der Waals surface area contributed by atoms with Crippen molar-refractivity contribution in [2.24, 2.45) is 5.73 Å². The number of methoxy groups -OCH3 is 1. The molecule has 0 aliphatic carbocycles.